The van der Waals surface area contributed by atoms with E-state index in [1.54, 1.807) is 0 Å². The van der Waals surface area contributed by atoms with Crippen molar-refractivity contribution in [2.24, 2.45) is 0 Å². The molecule has 2 nitrogen and oxygen atoms in total. The molecule has 4 heteroatoms. The second kappa shape index (κ2) is 10.7. The molecule has 2 unspecified atom stereocenters. The Morgan fingerprint density at radius 2 is 1.09 bits per heavy atom. The standard InChI is InChI=1S/C30H32O2P2/c1-5-21-13-16-27(23(7-3)19-21)33(31)29-18-15-25-11-9-10-12-26(25)30(29)34(32)28-17-14-22(6-2)20-24(28)8-4/h9-20H,5-8H2,1-4H3/q+2. The van der Waals surface area contributed by atoms with Gasteiger partial charge in [-0.3, -0.25) is 0 Å². The van der Waals surface area contributed by atoms with Crippen LogP contribution in [0.15, 0.2) is 72.8 Å². The third-order valence-corrected chi connectivity index (χ3v) is 10.2. The van der Waals surface area contributed by atoms with Crippen LogP contribution in [0.2, 0.25) is 0 Å². The minimum Gasteiger partial charge on any atom is -0.0616 e. The van der Waals surface area contributed by atoms with Crippen LogP contribution >= 0.6 is 15.6 Å². The van der Waals surface area contributed by atoms with E-state index in [0.29, 0.717) is 5.30 Å². The lowest BCUT2D eigenvalue weighted by molar-refractivity contribution is 0.596. The smallest absolute Gasteiger partial charge is 0.0616 e. The largest absolute Gasteiger partial charge is 0.421 e. The molecule has 0 aliphatic carbocycles. The Labute approximate surface area is 205 Å². The van der Waals surface area contributed by atoms with Gasteiger partial charge in [-0.2, -0.15) is 0 Å². The summed E-state index contributed by atoms with van der Waals surface area (Å²) in [6.07, 6.45) is 3.53. The molecule has 0 spiro atoms. The van der Waals surface area contributed by atoms with E-state index in [-0.39, 0.29) is 0 Å². The van der Waals surface area contributed by atoms with Crippen molar-refractivity contribution < 1.29 is 9.13 Å². The predicted octanol–water partition coefficient (Wildman–Crippen LogP) is 6.65. The van der Waals surface area contributed by atoms with Crippen molar-refractivity contribution in [3.63, 3.8) is 0 Å². The van der Waals surface area contributed by atoms with Crippen molar-refractivity contribution >= 4 is 47.6 Å². The van der Waals surface area contributed by atoms with Gasteiger partial charge in [-0.25, -0.2) is 0 Å². The van der Waals surface area contributed by atoms with Gasteiger partial charge >= 0.3 is 15.6 Å². The van der Waals surface area contributed by atoms with Gasteiger partial charge < -0.3 is 0 Å². The summed E-state index contributed by atoms with van der Waals surface area (Å²) in [6, 6.07) is 24.5. The molecule has 2 atom stereocenters. The van der Waals surface area contributed by atoms with Crippen LogP contribution in [-0.2, 0) is 34.8 Å². The Morgan fingerprint density at radius 1 is 0.559 bits per heavy atom. The Balaban J connectivity index is 1.94. The maximum absolute atomic E-state index is 14.3. The van der Waals surface area contributed by atoms with Gasteiger partial charge in [-0.05, 0) is 72.5 Å². The molecule has 4 rings (SSSR count). The summed E-state index contributed by atoms with van der Waals surface area (Å²) in [5, 5.41) is 5.06. The lowest BCUT2D eigenvalue weighted by atomic mass is 10.1. The Hall–Kier alpha value is -2.66. The maximum Gasteiger partial charge on any atom is 0.421 e. The monoisotopic (exact) mass is 486 g/mol. The van der Waals surface area contributed by atoms with Crippen molar-refractivity contribution in [2.45, 2.75) is 53.4 Å². The van der Waals surface area contributed by atoms with Gasteiger partial charge in [0.15, 0.2) is 10.6 Å². The van der Waals surface area contributed by atoms with Gasteiger partial charge in [0.25, 0.3) is 5.30 Å². The van der Waals surface area contributed by atoms with Crippen LogP contribution in [0.5, 0.6) is 0 Å². The quantitative estimate of drug-likeness (QED) is 0.262. The number of rotatable bonds is 8. The average molecular weight is 487 g/mol. The Bertz CT molecular complexity index is 1390. The van der Waals surface area contributed by atoms with Crippen molar-refractivity contribution in [1.29, 1.82) is 0 Å². The highest BCUT2D eigenvalue weighted by Gasteiger charge is 2.41. The van der Waals surface area contributed by atoms with E-state index in [9.17, 15) is 9.13 Å². The highest BCUT2D eigenvalue weighted by atomic mass is 31.1. The SMILES string of the molecule is CCc1ccc([P+](=O)c2ccc3ccccc3c2[P+](=O)c2ccc(CC)cc2CC)c(CC)c1. The molecule has 0 amide bonds. The average Bonchev–Trinajstić information content (AvgIpc) is 2.90. The second-order valence-corrected chi connectivity index (χ2v) is 11.7. The zero-order chi connectivity index (χ0) is 24.2. The minimum atomic E-state index is -1.92. The van der Waals surface area contributed by atoms with Crippen LogP contribution in [0.4, 0.5) is 0 Å². The van der Waals surface area contributed by atoms with Gasteiger partial charge in [-0.15, -0.1) is 0 Å². The van der Waals surface area contributed by atoms with E-state index in [1.807, 2.05) is 48.5 Å². The molecular weight excluding hydrogens is 454 g/mol. The summed E-state index contributed by atoms with van der Waals surface area (Å²) < 4.78 is 28.4. The van der Waals surface area contributed by atoms with Gasteiger partial charge in [0.2, 0.25) is 5.30 Å². The van der Waals surface area contributed by atoms with E-state index in [0.717, 1.165) is 63.5 Å². The first kappa shape index (κ1) is 24.5. The van der Waals surface area contributed by atoms with Crippen LogP contribution in [0, 0.1) is 0 Å². The maximum atomic E-state index is 14.3. The number of hydrogen-bond donors (Lipinski definition) is 0. The fraction of sp³-hybridized carbons (Fsp3) is 0.267. The summed E-state index contributed by atoms with van der Waals surface area (Å²) in [6.45, 7) is 8.48. The van der Waals surface area contributed by atoms with Gasteiger partial charge in [0, 0.05) is 16.5 Å². The lowest BCUT2D eigenvalue weighted by Crippen LogP contribution is -2.26. The van der Waals surface area contributed by atoms with E-state index < -0.39 is 15.6 Å². The Kier molecular flexibility index (Phi) is 7.72. The summed E-state index contributed by atoms with van der Waals surface area (Å²) in [7, 11) is -3.80. The molecule has 4 aromatic carbocycles. The zero-order valence-corrected chi connectivity index (χ0v) is 22.3. The number of fused-ring (bicyclic) bond motifs is 1. The summed E-state index contributed by atoms with van der Waals surface area (Å²) >= 11 is 0. The number of hydrogen-bond acceptors (Lipinski definition) is 2. The molecule has 34 heavy (non-hydrogen) atoms. The highest BCUT2D eigenvalue weighted by Crippen LogP contribution is 2.32. The minimum absolute atomic E-state index is 0.690. The number of benzene rings is 4. The van der Waals surface area contributed by atoms with Crippen LogP contribution < -0.4 is 21.2 Å². The topological polar surface area (TPSA) is 34.1 Å². The van der Waals surface area contributed by atoms with Crippen molar-refractivity contribution in [2.75, 3.05) is 0 Å². The van der Waals surface area contributed by atoms with Crippen LogP contribution in [0.3, 0.4) is 0 Å². The van der Waals surface area contributed by atoms with Crippen molar-refractivity contribution in [3.8, 4) is 0 Å². The van der Waals surface area contributed by atoms with Crippen LogP contribution in [0.25, 0.3) is 10.8 Å². The molecule has 0 fully saturated rings. The molecule has 0 saturated heterocycles. The molecule has 4 aromatic rings. The predicted molar refractivity (Wildman–Crippen MR) is 148 cm³/mol. The molecular formula is C30H32O2P2+2. The molecule has 0 N–H and O–H groups in total. The van der Waals surface area contributed by atoms with Crippen LogP contribution in [0.1, 0.15) is 49.9 Å². The molecule has 172 valence electrons. The summed E-state index contributed by atoms with van der Waals surface area (Å²) in [5.41, 5.74) is 4.71. The van der Waals surface area contributed by atoms with E-state index >= 15 is 0 Å². The van der Waals surface area contributed by atoms with E-state index in [4.69, 9.17) is 0 Å². The fourth-order valence-corrected chi connectivity index (χ4v) is 8.21. The fourth-order valence-electron chi connectivity index (χ4n) is 4.55. The molecule has 0 aliphatic heterocycles. The summed E-state index contributed by atoms with van der Waals surface area (Å²) in [4.78, 5) is 0. The lowest BCUT2D eigenvalue weighted by Gasteiger charge is -2.05. The molecule has 0 radical (unpaired) electrons. The molecule has 0 heterocycles. The third-order valence-electron chi connectivity index (χ3n) is 6.60. The van der Waals surface area contributed by atoms with E-state index in [2.05, 4.69) is 52.0 Å². The van der Waals surface area contributed by atoms with Gasteiger partial charge in [-0.1, -0.05) is 79.3 Å². The zero-order valence-electron chi connectivity index (χ0n) is 20.5. The first-order chi connectivity index (χ1) is 16.5. The first-order valence-corrected chi connectivity index (χ1v) is 14.7. The third kappa shape index (κ3) is 4.63. The molecule has 0 aromatic heterocycles. The molecule has 0 bridgehead atoms. The molecule has 0 aliphatic rings. The van der Waals surface area contributed by atoms with E-state index in [1.165, 1.54) is 11.1 Å². The normalized spacial score (nSPS) is 12.1. The molecule has 0 saturated carbocycles. The first-order valence-electron chi connectivity index (χ1n) is 12.2. The van der Waals surface area contributed by atoms with Gasteiger partial charge in [0.05, 0.1) is 0 Å². The highest BCUT2D eigenvalue weighted by molar-refractivity contribution is 7.68. The van der Waals surface area contributed by atoms with Crippen molar-refractivity contribution in [3.05, 3.63) is 95.1 Å². The van der Waals surface area contributed by atoms with Gasteiger partial charge in [0.1, 0.15) is 0 Å². The summed E-state index contributed by atoms with van der Waals surface area (Å²) in [5.74, 6) is 0. The van der Waals surface area contributed by atoms with Crippen LogP contribution in [-0.4, -0.2) is 0 Å². The van der Waals surface area contributed by atoms with Crippen molar-refractivity contribution in [1.82, 2.24) is 0 Å². The number of aryl methyl sites for hydroxylation is 4. The Morgan fingerprint density at radius 3 is 1.65 bits per heavy atom. The second-order valence-electron chi connectivity index (χ2n) is 8.58.